The largest absolute Gasteiger partial charge is 0.508 e. The minimum atomic E-state index is -0.0262. The van der Waals surface area contributed by atoms with Crippen molar-refractivity contribution in [3.05, 3.63) is 23.8 Å². The Morgan fingerprint density at radius 1 is 1.42 bits per heavy atom. The number of benzene rings is 1. The first-order valence-electron chi connectivity index (χ1n) is 3.42. The summed E-state index contributed by atoms with van der Waals surface area (Å²) in [5.74, 6) is 5.01. The lowest BCUT2D eigenvalue weighted by molar-refractivity contribution is 0.450. The molecule has 1 rings (SSSR count). The van der Waals surface area contributed by atoms with E-state index in [2.05, 4.69) is 5.10 Å². The van der Waals surface area contributed by atoms with Crippen LogP contribution in [0.25, 0.3) is 0 Å². The number of aromatic hydroxyl groups is 2. The lowest BCUT2D eigenvalue weighted by Gasteiger charge is -2.02. The first-order valence-corrected chi connectivity index (χ1v) is 3.42. The van der Waals surface area contributed by atoms with Crippen LogP contribution < -0.4 is 5.84 Å². The lowest BCUT2D eigenvalue weighted by atomic mass is 10.1. The van der Waals surface area contributed by atoms with E-state index in [-0.39, 0.29) is 11.5 Å². The van der Waals surface area contributed by atoms with E-state index in [0.29, 0.717) is 11.3 Å². The number of hydrogen-bond donors (Lipinski definition) is 3. The molecule has 4 heteroatoms. The van der Waals surface area contributed by atoms with Gasteiger partial charge in [0, 0.05) is 11.6 Å². The van der Waals surface area contributed by atoms with Crippen molar-refractivity contribution in [2.45, 2.75) is 6.92 Å². The Bertz CT molecular complexity index is 321. The van der Waals surface area contributed by atoms with Crippen LogP contribution in [0, 0.1) is 0 Å². The van der Waals surface area contributed by atoms with Gasteiger partial charge in [0.05, 0.1) is 5.71 Å². The van der Waals surface area contributed by atoms with Crippen molar-refractivity contribution in [2.24, 2.45) is 10.9 Å². The molecule has 0 saturated carbocycles. The highest BCUT2D eigenvalue weighted by atomic mass is 16.3. The summed E-state index contributed by atoms with van der Waals surface area (Å²) >= 11 is 0. The quantitative estimate of drug-likeness (QED) is 0.327. The summed E-state index contributed by atoms with van der Waals surface area (Å²) in [7, 11) is 0. The first-order chi connectivity index (χ1) is 5.65. The van der Waals surface area contributed by atoms with E-state index in [1.807, 2.05) is 0 Å². The van der Waals surface area contributed by atoms with Crippen LogP contribution in [-0.4, -0.2) is 15.9 Å². The topological polar surface area (TPSA) is 78.8 Å². The standard InChI is InChI=1S/C8H10N2O2/c1-5(10-9)7-3-2-6(11)4-8(7)12/h2-4,11-12H,9H2,1H3/b10-5-. The van der Waals surface area contributed by atoms with Gasteiger partial charge in [0.25, 0.3) is 0 Å². The zero-order valence-electron chi connectivity index (χ0n) is 6.65. The summed E-state index contributed by atoms with van der Waals surface area (Å²) in [6.45, 7) is 1.67. The second-order valence-corrected chi connectivity index (χ2v) is 2.42. The van der Waals surface area contributed by atoms with E-state index in [1.54, 1.807) is 13.0 Å². The summed E-state index contributed by atoms with van der Waals surface area (Å²) in [5, 5.41) is 21.7. The highest BCUT2D eigenvalue weighted by Crippen LogP contribution is 2.22. The van der Waals surface area contributed by atoms with E-state index in [4.69, 9.17) is 10.9 Å². The summed E-state index contributed by atoms with van der Waals surface area (Å²) in [5.41, 5.74) is 1.04. The fourth-order valence-corrected chi connectivity index (χ4v) is 0.896. The molecule has 0 fully saturated rings. The maximum Gasteiger partial charge on any atom is 0.128 e. The number of rotatable bonds is 1. The van der Waals surface area contributed by atoms with Gasteiger partial charge in [0.15, 0.2) is 0 Å². The van der Waals surface area contributed by atoms with Crippen LogP contribution in [0.3, 0.4) is 0 Å². The third-order valence-electron chi connectivity index (χ3n) is 1.56. The van der Waals surface area contributed by atoms with E-state index in [9.17, 15) is 5.11 Å². The Balaban J connectivity index is 3.18. The molecular formula is C8H10N2O2. The monoisotopic (exact) mass is 166 g/mol. The number of hydrazone groups is 1. The Kier molecular flexibility index (Phi) is 2.19. The van der Waals surface area contributed by atoms with Gasteiger partial charge in [0.2, 0.25) is 0 Å². The van der Waals surface area contributed by atoms with Gasteiger partial charge in [-0.2, -0.15) is 5.10 Å². The molecule has 0 aliphatic carbocycles. The molecule has 0 aromatic heterocycles. The molecule has 64 valence electrons. The number of nitrogens with zero attached hydrogens (tertiary/aromatic N) is 1. The molecule has 0 spiro atoms. The molecule has 4 nitrogen and oxygen atoms in total. The summed E-state index contributed by atoms with van der Waals surface area (Å²) in [6.07, 6.45) is 0. The fraction of sp³-hybridized carbons (Fsp3) is 0.125. The van der Waals surface area contributed by atoms with Crippen LogP contribution in [0.15, 0.2) is 23.3 Å². The van der Waals surface area contributed by atoms with Gasteiger partial charge in [-0.05, 0) is 19.1 Å². The molecule has 1 aromatic carbocycles. The van der Waals surface area contributed by atoms with Crippen molar-refractivity contribution in [1.82, 2.24) is 0 Å². The lowest BCUT2D eigenvalue weighted by Crippen LogP contribution is -1.98. The highest BCUT2D eigenvalue weighted by Gasteiger charge is 2.04. The van der Waals surface area contributed by atoms with Crippen molar-refractivity contribution >= 4 is 5.71 Å². The van der Waals surface area contributed by atoms with E-state index >= 15 is 0 Å². The molecule has 0 bridgehead atoms. The molecule has 4 N–H and O–H groups in total. The Hall–Kier alpha value is -1.71. The highest BCUT2D eigenvalue weighted by molar-refractivity contribution is 6.00. The number of hydrogen-bond acceptors (Lipinski definition) is 4. The van der Waals surface area contributed by atoms with Gasteiger partial charge in [0.1, 0.15) is 11.5 Å². The van der Waals surface area contributed by atoms with Gasteiger partial charge in [-0.3, -0.25) is 0 Å². The maximum absolute atomic E-state index is 9.30. The molecular weight excluding hydrogens is 156 g/mol. The average molecular weight is 166 g/mol. The van der Waals surface area contributed by atoms with Gasteiger partial charge in [-0.1, -0.05) is 0 Å². The summed E-state index contributed by atoms with van der Waals surface area (Å²) in [6, 6.07) is 4.25. The number of nitrogens with two attached hydrogens (primary N) is 1. The van der Waals surface area contributed by atoms with Crippen LogP contribution in [0.1, 0.15) is 12.5 Å². The molecule has 0 radical (unpaired) electrons. The zero-order valence-corrected chi connectivity index (χ0v) is 6.65. The Labute approximate surface area is 70.0 Å². The van der Waals surface area contributed by atoms with Gasteiger partial charge >= 0.3 is 0 Å². The minimum absolute atomic E-state index is 0.0149. The predicted molar refractivity (Wildman–Crippen MR) is 46.2 cm³/mol. The zero-order chi connectivity index (χ0) is 9.14. The number of phenols is 2. The van der Waals surface area contributed by atoms with Crippen molar-refractivity contribution in [1.29, 1.82) is 0 Å². The Morgan fingerprint density at radius 2 is 2.08 bits per heavy atom. The van der Waals surface area contributed by atoms with Crippen LogP contribution >= 0.6 is 0 Å². The van der Waals surface area contributed by atoms with Gasteiger partial charge < -0.3 is 16.1 Å². The molecule has 1 aromatic rings. The fourth-order valence-electron chi connectivity index (χ4n) is 0.896. The molecule has 12 heavy (non-hydrogen) atoms. The van der Waals surface area contributed by atoms with Crippen LogP contribution in [-0.2, 0) is 0 Å². The second-order valence-electron chi connectivity index (χ2n) is 2.42. The van der Waals surface area contributed by atoms with Gasteiger partial charge in [-0.15, -0.1) is 0 Å². The number of phenolic OH excluding ortho intramolecular Hbond substituents is 2. The maximum atomic E-state index is 9.30. The smallest absolute Gasteiger partial charge is 0.128 e. The Morgan fingerprint density at radius 3 is 2.58 bits per heavy atom. The second kappa shape index (κ2) is 3.13. The van der Waals surface area contributed by atoms with E-state index in [0.717, 1.165) is 0 Å². The van der Waals surface area contributed by atoms with Crippen LogP contribution in [0.4, 0.5) is 0 Å². The van der Waals surface area contributed by atoms with Crippen LogP contribution in [0.2, 0.25) is 0 Å². The molecule has 0 heterocycles. The van der Waals surface area contributed by atoms with Crippen molar-refractivity contribution in [3.63, 3.8) is 0 Å². The third kappa shape index (κ3) is 1.47. The normalized spacial score (nSPS) is 11.6. The molecule has 0 saturated heterocycles. The molecule has 0 aliphatic heterocycles. The van der Waals surface area contributed by atoms with Crippen molar-refractivity contribution < 1.29 is 10.2 Å². The van der Waals surface area contributed by atoms with E-state index in [1.165, 1.54) is 12.1 Å². The summed E-state index contributed by atoms with van der Waals surface area (Å²) in [4.78, 5) is 0. The predicted octanol–water partition coefficient (Wildman–Crippen LogP) is 0.780. The first kappa shape index (κ1) is 8.39. The van der Waals surface area contributed by atoms with E-state index < -0.39 is 0 Å². The molecule has 0 aliphatic rings. The molecule has 0 atom stereocenters. The SMILES string of the molecule is C/C(=N/N)c1ccc(O)cc1O. The van der Waals surface area contributed by atoms with Crippen molar-refractivity contribution in [3.8, 4) is 11.5 Å². The van der Waals surface area contributed by atoms with Crippen LogP contribution in [0.5, 0.6) is 11.5 Å². The van der Waals surface area contributed by atoms with Crippen molar-refractivity contribution in [2.75, 3.05) is 0 Å². The molecule has 0 amide bonds. The summed E-state index contributed by atoms with van der Waals surface area (Å²) < 4.78 is 0. The average Bonchev–Trinajstić information content (AvgIpc) is 2.03. The molecule has 0 unspecified atom stereocenters. The van der Waals surface area contributed by atoms with Gasteiger partial charge in [-0.25, -0.2) is 0 Å². The third-order valence-corrected chi connectivity index (χ3v) is 1.56. The minimum Gasteiger partial charge on any atom is -0.508 e.